The first-order chi connectivity index (χ1) is 16.5. The Kier molecular flexibility index (Phi) is 5.50. The number of carbonyl (C=O) groups excluding carboxylic acids is 2. The van der Waals surface area contributed by atoms with Crippen LogP contribution in [0.2, 0.25) is 0 Å². The van der Waals surface area contributed by atoms with Crippen LogP contribution in [0.5, 0.6) is 0 Å². The maximum absolute atomic E-state index is 12.4. The van der Waals surface area contributed by atoms with Crippen molar-refractivity contribution in [1.29, 1.82) is 0 Å². The molecule has 1 fully saturated rings. The molecule has 174 valence electrons. The Morgan fingerprint density at radius 3 is 2.38 bits per heavy atom. The topological polar surface area (TPSA) is 140 Å². The Morgan fingerprint density at radius 2 is 1.76 bits per heavy atom. The summed E-state index contributed by atoms with van der Waals surface area (Å²) in [5.41, 5.74) is 2.70. The van der Waals surface area contributed by atoms with Gasteiger partial charge in [0, 0.05) is 25.0 Å². The van der Waals surface area contributed by atoms with Crippen molar-refractivity contribution in [3.8, 4) is 11.1 Å². The fourth-order valence-electron chi connectivity index (χ4n) is 4.34. The number of aliphatic carboxylic acids is 1. The van der Waals surface area contributed by atoms with E-state index in [4.69, 9.17) is 14.0 Å². The zero-order valence-electron chi connectivity index (χ0n) is 17.9. The van der Waals surface area contributed by atoms with Crippen LogP contribution in [0.15, 0.2) is 59.1 Å². The number of amides is 2. The van der Waals surface area contributed by atoms with E-state index in [9.17, 15) is 19.5 Å². The summed E-state index contributed by atoms with van der Waals surface area (Å²) in [4.78, 5) is 36.4. The second-order valence-electron chi connectivity index (χ2n) is 8.17. The molecule has 0 radical (unpaired) electrons. The molecular weight excluding hydrogens is 442 g/mol. The molecule has 10 heteroatoms. The van der Waals surface area contributed by atoms with E-state index in [1.54, 1.807) is 0 Å². The van der Waals surface area contributed by atoms with Crippen LogP contribution in [0.25, 0.3) is 11.1 Å². The van der Waals surface area contributed by atoms with E-state index in [-0.39, 0.29) is 43.7 Å². The molecule has 2 aromatic carbocycles. The fraction of sp³-hybridized carbons (Fsp3) is 0.250. The molecule has 1 atom stereocenters. The van der Waals surface area contributed by atoms with Gasteiger partial charge in [0.25, 0.3) is 5.91 Å². The van der Waals surface area contributed by atoms with E-state index in [1.807, 2.05) is 48.5 Å². The molecule has 0 bridgehead atoms. The molecule has 10 nitrogen and oxygen atoms in total. The van der Waals surface area contributed by atoms with Gasteiger partial charge in [-0.3, -0.25) is 10.1 Å². The van der Waals surface area contributed by atoms with Gasteiger partial charge in [-0.1, -0.05) is 53.7 Å². The van der Waals surface area contributed by atoms with E-state index in [1.165, 1.54) is 6.07 Å². The highest BCUT2D eigenvalue weighted by Crippen LogP contribution is 2.44. The van der Waals surface area contributed by atoms with Crippen molar-refractivity contribution in [3.05, 3.63) is 71.4 Å². The first-order valence-electron chi connectivity index (χ1n) is 10.7. The predicted octanol–water partition coefficient (Wildman–Crippen LogP) is 3.01. The molecule has 34 heavy (non-hydrogen) atoms. The standard InChI is InChI=1S/C24H21N3O7/c28-21(26-24(22(29)30)9-10-32-13-24)19-11-20(34-27-19)25-23(31)33-12-18-16-7-3-1-5-14(16)15-6-2-4-8-17(15)18/h1-8,11,18H,9-10,12-13H2,(H,25,31)(H,26,28)(H,29,30). The van der Waals surface area contributed by atoms with Crippen LogP contribution in [0.1, 0.15) is 34.0 Å². The SMILES string of the molecule is O=C(Nc1cc(C(=O)NC2(C(=O)O)CCOC2)no1)OCC1c2ccccc2-c2ccccc21. The molecule has 1 saturated heterocycles. The molecule has 2 amide bonds. The van der Waals surface area contributed by atoms with Crippen molar-refractivity contribution < 1.29 is 33.5 Å². The summed E-state index contributed by atoms with van der Waals surface area (Å²) in [7, 11) is 0. The lowest BCUT2D eigenvalue weighted by atomic mass is 9.98. The number of rotatable bonds is 6. The number of carboxylic acid groups (broad SMARTS) is 1. The van der Waals surface area contributed by atoms with Gasteiger partial charge in [0.2, 0.25) is 5.88 Å². The van der Waals surface area contributed by atoms with Crippen LogP contribution in [0, 0.1) is 0 Å². The van der Waals surface area contributed by atoms with Crippen LogP contribution < -0.4 is 10.6 Å². The van der Waals surface area contributed by atoms with E-state index in [0.717, 1.165) is 22.3 Å². The molecule has 2 heterocycles. The summed E-state index contributed by atoms with van der Waals surface area (Å²) < 4.78 is 15.5. The van der Waals surface area contributed by atoms with Gasteiger partial charge in [0.1, 0.15) is 6.61 Å². The maximum atomic E-state index is 12.4. The fourth-order valence-corrected chi connectivity index (χ4v) is 4.34. The average Bonchev–Trinajstić information content (AvgIpc) is 3.56. The highest BCUT2D eigenvalue weighted by Gasteiger charge is 2.44. The number of carbonyl (C=O) groups is 3. The zero-order chi connectivity index (χ0) is 23.7. The number of hydrogen-bond acceptors (Lipinski definition) is 7. The molecule has 1 aliphatic heterocycles. The minimum Gasteiger partial charge on any atom is -0.479 e. The summed E-state index contributed by atoms with van der Waals surface area (Å²) in [6.07, 6.45) is -0.632. The number of aromatic nitrogens is 1. The molecule has 0 spiro atoms. The van der Waals surface area contributed by atoms with Gasteiger partial charge in [0.05, 0.1) is 6.61 Å². The van der Waals surface area contributed by atoms with Crippen molar-refractivity contribution in [3.63, 3.8) is 0 Å². The summed E-state index contributed by atoms with van der Waals surface area (Å²) >= 11 is 0. The first kappa shape index (κ1) is 21.7. The van der Waals surface area contributed by atoms with Crippen LogP contribution in [0.3, 0.4) is 0 Å². The highest BCUT2D eigenvalue weighted by molar-refractivity contribution is 5.97. The molecule has 3 aromatic rings. The summed E-state index contributed by atoms with van der Waals surface area (Å²) in [6, 6.07) is 17.2. The van der Waals surface area contributed by atoms with Crippen LogP contribution in [0.4, 0.5) is 10.7 Å². The van der Waals surface area contributed by atoms with Crippen molar-refractivity contribution in [2.45, 2.75) is 17.9 Å². The van der Waals surface area contributed by atoms with Gasteiger partial charge in [0.15, 0.2) is 11.2 Å². The molecule has 1 unspecified atom stereocenters. The number of nitrogens with one attached hydrogen (secondary N) is 2. The molecule has 1 aliphatic carbocycles. The number of nitrogens with zero attached hydrogens (tertiary/aromatic N) is 1. The quantitative estimate of drug-likeness (QED) is 0.507. The van der Waals surface area contributed by atoms with Gasteiger partial charge < -0.3 is 24.4 Å². The van der Waals surface area contributed by atoms with E-state index in [2.05, 4.69) is 15.8 Å². The maximum Gasteiger partial charge on any atom is 0.414 e. The Labute approximate surface area is 193 Å². The average molecular weight is 463 g/mol. The Bertz CT molecular complexity index is 1220. The number of carboxylic acids is 1. The molecule has 5 rings (SSSR count). The molecule has 0 saturated carbocycles. The second-order valence-corrected chi connectivity index (χ2v) is 8.17. The largest absolute Gasteiger partial charge is 0.479 e. The lowest BCUT2D eigenvalue weighted by molar-refractivity contribution is -0.144. The number of ether oxygens (including phenoxy) is 2. The van der Waals surface area contributed by atoms with Gasteiger partial charge >= 0.3 is 12.1 Å². The Morgan fingerprint density at radius 1 is 1.09 bits per heavy atom. The van der Waals surface area contributed by atoms with Crippen molar-refractivity contribution in [2.24, 2.45) is 0 Å². The molecule has 2 aliphatic rings. The van der Waals surface area contributed by atoms with Gasteiger partial charge in [-0.2, -0.15) is 0 Å². The van der Waals surface area contributed by atoms with Crippen LogP contribution >= 0.6 is 0 Å². The Balaban J connectivity index is 1.21. The predicted molar refractivity (Wildman–Crippen MR) is 118 cm³/mol. The number of benzene rings is 2. The summed E-state index contributed by atoms with van der Waals surface area (Å²) in [5, 5.41) is 17.9. The minimum absolute atomic E-state index is 0.102. The van der Waals surface area contributed by atoms with Crippen molar-refractivity contribution in [1.82, 2.24) is 10.5 Å². The van der Waals surface area contributed by atoms with Crippen LogP contribution in [-0.4, -0.2) is 53.6 Å². The van der Waals surface area contributed by atoms with Crippen molar-refractivity contribution >= 4 is 23.9 Å². The lowest BCUT2D eigenvalue weighted by Crippen LogP contribution is -2.55. The van der Waals surface area contributed by atoms with E-state index in [0.29, 0.717) is 0 Å². The van der Waals surface area contributed by atoms with E-state index < -0.39 is 23.5 Å². The Hall–Kier alpha value is -4.18. The second kappa shape index (κ2) is 8.64. The van der Waals surface area contributed by atoms with Gasteiger partial charge in [-0.05, 0) is 22.3 Å². The molecular formula is C24H21N3O7. The lowest BCUT2D eigenvalue weighted by Gasteiger charge is -2.22. The number of fused-ring (bicyclic) bond motifs is 3. The third-order valence-corrected chi connectivity index (χ3v) is 6.10. The first-order valence-corrected chi connectivity index (χ1v) is 10.7. The van der Waals surface area contributed by atoms with Gasteiger partial charge in [-0.15, -0.1) is 0 Å². The number of anilines is 1. The smallest absolute Gasteiger partial charge is 0.414 e. The summed E-state index contributed by atoms with van der Waals surface area (Å²) in [5.74, 6) is -2.15. The third kappa shape index (κ3) is 3.88. The molecule has 1 aromatic heterocycles. The summed E-state index contributed by atoms with van der Waals surface area (Å²) in [6.45, 7) is 0.194. The number of hydrogen-bond donors (Lipinski definition) is 3. The highest BCUT2D eigenvalue weighted by atomic mass is 16.6. The molecule has 3 N–H and O–H groups in total. The third-order valence-electron chi connectivity index (χ3n) is 6.10. The normalized spacial score (nSPS) is 18.7. The monoisotopic (exact) mass is 463 g/mol. The van der Waals surface area contributed by atoms with E-state index >= 15 is 0 Å². The van der Waals surface area contributed by atoms with Crippen LogP contribution in [-0.2, 0) is 14.3 Å². The van der Waals surface area contributed by atoms with Crippen molar-refractivity contribution in [2.75, 3.05) is 25.1 Å². The zero-order valence-corrected chi connectivity index (χ0v) is 17.9. The minimum atomic E-state index is -1.52. The van der Waals surface area contributed by atoms with Gasteiger partial charge in [-0.25, -0.2) is 9.59 Å².